The molecule has 0 aliphatic carbocycles. The number of ether oxygens (including phenoxy) is 1. The van der Waals surface area contributed by atoms with Crippen LogP contribution < -0.4 is 16.0 Å². The van der Waals surface area contributed by atoms with Crippen molar-refractivity contribution in [2.24, 2.45) is 5.92 Å². The minimum absolute atomic E-state index is 0.0741. The first-order valence-corrected chi connectivity index (χ1v) is 11.8. The van der Waals surface area contributed by atoms with Crippen LogP contribution in [0.3, 0.4) is 0 Å². The number of rotatable bonds is 9. The molecule has 3 rings (SSSR count). The Balaban J connectivity index is 1.57. The van der Waals surface area contributed by atoms with Gasteiger partial charge >= 0.3 is 0 Å². The van der Waals surface area contributed by atoms with Gasteiger partial charge in [-0.25, -0.2) is 0 Å². The molecule has 9 heteroatoms. The Kier molecular flexibility index (Phi) is 9.44. The monoisotopic (exact) mass is 486 g/mol. The van der Waals surface area contributed by atoms with E-state index in [0.29, 0.717) is 48.1 Å². The third kappa shape index (κ3) is 7.55. The van der Waals surface area contributed by atoms with E-state index in [4.69, 9.17) is 16.3 Å². The van der Waals surface area contributed by atoms with Crippen LogP contribution in [-0.4, -0.2) is 61.5 Å². The fourth-order valence-electron chi connectivity index (χ4n) is 3.55. The first kappa shape index (κ1) is 25.7. The SMILES string of the molecule is CCC(C)C(NC(=O)c1ccc(Cl)cc1)C(=O)Nc1ccc(NC(=O)CN2CCOCC2)cc1. The molecule has 0 aromatic heterocycles. The van der Waals surface area contributed by atoms with Crippen LogP contribution >= 0.6 is 11.6 Å². The van der Waals surface area contributed by atoms with Gasteiger partial charge in [-0.2, -0.15) is 0 Å². The summed E-state index contributed by atoms with van der Waals surface area (Å²) in [4.78, 5) is 39.9. The maximum absolute atomic E-state index is 13.0. The van der Waals surface area contributed by atoms with Crippen LogP contribution in [0.1, 0.15) is 30.6 Å². The Bertz CT molecular complexity index is 975. The van der Waals surface area contributed by atoms with Crippen molar-refractivity contribution in [1.82, 2.24) is 10.2 Å². The highest BCUT2D eigenvalue weighted by Gasteiger charge is 2.26. The maximum Gasteiger partial charge on any atom is 0.251 e. The van der Waals surface area contributed by atoms with Crippen molar-refractivity contribution in [1.29, 1.82) is 0 Å². The highest BCUT2D eigenvalue weighted by molar-refractivity contribution is 6.30. The molecule has 1 heterocycles. The van der Waals surface area contributed by atoms with E-state index in [0.717, 1.165) is 13.1 Å². The van der Waals surface area contributed by atoms with Crippen molar-refractivity contribution in [3.8, 4) is 0 Å². The number of amides is 3. The molecule has 34 heavy (non-hydrogen) atoms. The zero-order valence-corrected chi connectivity index (χ0v) is 20.2. The topological polar surface area (TPSA) is 99.8 Å². The van der Waals surface area contributed by atoms with Crippen molar-refractivity contribution in [3.05, 3.63) is 59.1 Å². The van der Waals surface area contributed by atoms with Crippen molar-refractivity contribution in [2.45, 2.75) is 26.3 Å². The summed E-state index contributed by atoms with van der Waals surface area (Å²) in [7, 11) is 0. The van der Waals surface area contributed by atoms with Crippen LogP contribution in [0.2, 0.25) is 5.02 Å². The Hall–Kier alpha value is -2.94. The van der Waals surface area contributed by atoms with Crippen LogP contribution in [0.25, 0.3) is 0 Å². The van der Waals surface area contributed by atoms with Crippen molar-refractivity contribution in [3.63, 3.8) is 0 Å². The number of benzene rings is 2. The van der Waals surface area contributed by atoms with Crippen molar-refractivity contribution >= 4 is 40.7 Å². The third-order valence-electron chi connectivity index (χ3n) is 5.80. The first-order chi connectivity index (χ1) is 16.4. The lowest BCUT2D eigenvalue weighted by Crippen LogP contribution is -2.47. The average molecular weight is 487 g/mol. The second-order valence-electron chi connectivity index (χ2n) is 8.35. The zero-order valence-electron chi connectivity index (χ0n) is 19.5. The molecule has 2 unspecified atom stereocenters. The number of anilines is 2. The molecule has 1 saturated heterocycles. The minimum atomic E-state index is -0.707. The Morgan fingerprint density at radius 3 is 2.15 bits per heavy atom. The number of carbonyl (C=O) groups is 3. The lowest BCUT2D eigenvalue weighted by Gasteiger charge is -2.25. The van der Waals surface area contributed by atoms with Crippen molar-refractivity contribution < 1.29 is 19.1 Å². The quantitative estimate of drug-likeness (QED) is 0.504. The van der Waals surface area contributed by atoms with Crippen LogP contribution in [-0.2, 0) is 14.3 Å². The lowest BCUT2D eigenvalue weighted by molar-refractivity contribution is -0.119. The molecule has 2 aromatic rings. The molecule has 0 radical (unpaired) electrons. The van der Waals surface area contributed by atoms with E-state index in [1.54, 1.807) is 48.5 Å². The summed E-state index contributed by atoms with van der Waals surface area (Å²) in [5.74, 6) is -0.813. The number of halogens is 1. The summed E-state index contributed by atoms with van der Waals surface area (Å²) in [6.45, 7) is 6.95. The summed E-state index contributed by atoms with van der Waals surface area (Å²) in [5, 5.41) is 9.10. The van der Waals surface area contributed by atoms with Gasteiger partial charge in [0.25, 0.3) is 5.91 Å². The number of nitrogens with zero attached hydrogens (tertiary/aromatic N) is 1. The number of carbonyl (C=O) groups excluding carboxylic acids is 3. The van der Waals surface area contributed by atoms with Gasteiger partial charge in [-0.05, 0) is 54.4 Å². The van der Waals surface area contributed by atoms with Crippen LogP contribution in [0.5, 0.6) is 0 Å². The normalized spacial score (nSPS) is 15.7. The molecule has 2 atom stereocenters. The molecule has 1 fully saturated rings. The van der Waals surface area contributed by atoms with Gasteiger partial charge in [0.05, 0.1) is 19.8 Å². The van der Waals surface area contributed by atoms with E-state index in [2.05, 4.69) is 16.0 Å². The molecule has 3 amide bonds. The number of hydrogen-bond donors (Lipinski definition) is 3. The molecule has 3 N–H and O–H groups in total. The van der Waals surface area contributed by atoms with E-state index >= 15 is 0 Å². The van der Waals surface area contributed by atoms with Gasteiger partial charge in [0.15, 0.2) is 0 Å². The van der Waals surface area contributed by atoms with E-state index in [1.165, 1.54) is 0 Å². The fourth-order valence-corrected chi connectivity index (χ4v) is 3.67. The zero-order chi connectivity index (χ0) is 24.5. The van der Waals surface area contributed by atoms with Crippen LogP contribution in [0.15, 0.2) is 48.5 Å². The fraction of sp³-hybridized carbons (Fsp3) is 0.400. The maximum atomic E-state index is 13.0. The summed E-state index contributed by atoms with van der Waals surface area (Å²) in [5.41, 5.74) is 1.65. The van der Waals surface area contributed by atoms with E-state index in [9.17, 15) is 14.4 Å². The smallest absolute Gasteiger partial charge is 0.251 e. The lowest BCUT2D eigenvalue weighted by atomic mass is 9.97. The molecule has 8 nitrogen and oxygen atoms in total. The van der Waals surface area contributed by atoms with Crippen LogP contribution in [0, 0.1) is 5.92 Å². The van der Waals surface area contributed by atoms with Gasteiger partial charge in [0.2, 0.25) is 11.8 Å². The van der Waals surface area contributed by atoms with E-state index in [-0.39, 0.29) is 23.6 Å². The highest BCUT2D eigenvalue weighted by Crippen LogP contribution is 2.17. The summed E-state index contributed by atoms with van der Waals surface area (Å²) in [6, 6.07) is 12.7. The summed E-state index contributed by atoms with van der Waals surface area (Å²) >= 11 is 5.89. The van der Waals surface area contributed by atoms with Gasteiger partial charge in [-0.1, -0.05) is 31.9 Å². The number of nitrogens with one attached hydrogen (secondary N) is 3. The molecule has 0 bridgehead atoms. The average Bonchev–Trinajstić information content (AvgIpc) is 2.84. The number of morpholine rings is 1. The molecule has 0 spiro atoms. The number of hydrogen-bond acceptors (Lipinski definition) is 5. The largest absolute Gasteiger partial charge is 0.379 e. The predicted molar refractivity (Wildman–Crippen MR) is 133 cm³/mol. The predicted octanol–water partition coefficient (Wildman–Crippen LogP) is 3.39. The van der Waals surface area contributed by atoms with Gasteiger partial charge in [-0.15, -0.1) is 0 Å². The van der Waals surface area contributed by atoms with E-state index < -0.39 is 6.04 Å². The molecule has 1 aliphatic rings. The highest BCUT2D eigenvalue weighted by atomic mass is 35.5. The minimum Gasteiger partial charge on any atom is -0.379 e. The van der Waals surface area contributed by atoms with Crippen LogP contribution in [0.4, 0.5) is 11.4 Å². The molecule has 0 saturated carbocycles. The summed E-state index contributed by atoms with van der Waals surface area (Å²) < 4.78 is 5.30. The third-order valence-corrected chi connectivity index (χ3v) is 6.05. The van der Waals surface area contributed by atoms with Gasteiger partial charge in [0.1, 0.15) is 6.04 Å². The van der Waals surface area contributed by atoms with E-state index in [1.807, 2.05) is 18.7 Å². The molecular weight excluding hydrogens is 456 g/mol. The van der Waals surface area contributed by atoms with Gasteiger partial charge < -0.3 is 20.7 Å². The molecule has 1 aliphatic heterocycles. The second-order valence-corrected chi connectivity index (χ2v) is 8.78. The standard InChI is InChI=1S/C25H31ClN4O4/c1-3-17(2)23(29-24(32)18-4-6-19(26)7-5-18)25(33)28-21-10-8-20(9-11-21)27-22(31)16-30-12-14-34-15-13-30/h4-11,17,23H,3,12-16H2,1-2H3,(H,27,31)(H,28,33)(H,29,32). The molecule has 182 valence electrons. The Labute approximate surface area is 205 Å². The van der Waals surface area contributed by atoms with Gasteiger partial charge in [0, 0.05) is 35.1 Å². The first-order valence-electron chi connectivity index (χ1n) is 11.4. The molecular formula is C25H31ClN4O4. The summed E-state index contributed by atoms with van der Waals surface area (Å²) in [6.07, 6.45) is 0.715. The van der Waals surface area contributed by atoms with Crippen molar-refractivity contribution in [2.75, 3.05) is 43.5 Å². The Morgan fingerprint density at radius 2 is 1.56 bits per heavy atom. The van der Waals surface area contributed by atoms with Gasteiger partial charge in [-0.3, -0.25) is 19.3 Å². The molecule has 2 aromatic carbocycles. The second kappa shape index (κ2) is 12.5. The Morgan fingerprint density at radius 1 is 0.971 bits per heavy atom.